The van der Waals surface area contributed by atoms with Crippen molar-refractivity contribution in [2.75, 3.05) is 12.4 Å². The fraction of sp³-hybridized carbons (Fsp3) is 0.364. The van der Waals surface area contributed by atoms with Crippen molar-refractivity contribution in [2.45, 2.75) is 46.1 Å². The zero-order chi connectivity index (χ0) is 20.0. The topological polar surface area (TPSA) is 67.4 Å². The van der Waals surface area contributed by atoms with Crippen LogP contribution in [0.25, 0.3) is 0 Å². The monoisotopic (exact) mass is 368 g/mol. The Hall–Kier alpha value is -2.82. The van der Waals surface area contributed by atoms with Crippen LogP contribution in [0.15, 0.2) is 42.5 Å². The Morgan fingerprint density at radius 2 is 1.78 bits per heavy atom. The van der Waals surface area contributed by atoms with Gasteiger partial charge in [0.2, 0.25) is 5.91 Å². The van der Waals surface area contributed by atoms with E-state index in [4.69, 9.17) is 4.74 Å². The SMILES string of the molecule is COc1ccc(CCC(=O)Nc2ccccc2C(=O)NC(C)(C)C)cc1C. The van der Waals surface area contributed by atoms with Crippen molar-refractivity contribution < 1.29 is 14.3 Å². The number of aryl methyl sites for hydroxylation is 2. The van der Waals surface area contributed by atoms with Gasteiger partial charge in [-0.2, -0.15) is 0 Å². The van der Waals surface area contributed by atoms with Gasteiger partial charge in [-0.05, 0) is 63.4 Å². The molecule has 0 unspecified atom stereocenters. The average molecular weight is 368 g/mol. The minimum absolute atomic E-state index is 0.125. The number of hydrogen-bond acceptors (Lipinski definition) is 3. The number of ether oxygens (including phenoxy) is 1. The first-order valence-electron chi connectivity index (χ1n) is 9.04. The van der Waals surface area contributed by atoms with Crippen LogP contribution >= 0.6 is 0 Å². The maximum Gasteiger partial charge on any atom is 0.253 e. The molecule has 0 atom stereocenters. The van der Waals surface area contributed by atoms with Crippen molar-refractivity contribution in [3.8, 4) is 5.75 Å². The summed E-state index contributed by atoms with van der Waals surface area (Å²) in [5.74, 6) is 0.505. The highest BCUT2D eigenvalue weighted by Crippen LogP contribution is 2.20. The summed E-state index contributed by atoms with van der Waals surface area (Å²) in [6, 6.07) is 12.9. The lowest BCUT2D eigenvalue weighted by atomic mass is 10.1. The second-order valence-electron chi connectivity index (χ2n) is 7.60. The molecule has 0 aliphatic rings. The number of hydrogen-bond donors (Lipinski definition) is 2. The summed E-state index contributed by atoms with van der Waals surface area (Å²) in [5, 5.41) is 5.78. The summed E-state index contributed by atoms with van der Waals surface area (Å²) >= 11 is 0. The van der Waals surface area contributed by atoms with Crippen LogP contribution < -0.4 is 15.4 Å². The molecule has 27 heavy (non-hydrogen) atoms. The van der Waals surface area contributed by atoms with Crippen LogP contribution in [0.3, 0.4) is 0 Å². The van der Waals surface area contributed by atoms with Gasteiger partial charge in [0.15, 0.2) is 0 Å². The Balaban J connectivity index is 2.02. The van der Waals surface area contributed by atoms with Crippen molar-refractivity contribution in [3.05, 3.63) is 59.2 Å². The van der Waals surface area contributed by atoms with E-state index >= 15 is 0 Å². The number of benzene rings is 2. The first-order valence-corrected chi connectivity index (χ1v) is 9.04. The van der Waals surface area contributed by atoms with E-state index in [1.54, 1.807) is 31.4 Å². The largest absolute Gasteiger partial charge is 0.496 e. The molecule has 0 fully saturated rings. The molecule has 5 heteroatoms. The van der Waals surface area contributed by atoms with Gasteiger partial charge in [-0.1, -0.05) is 24.3 Å². The predicted octanol–water partition coefficient (Wildman–Crippen LogP) is 4.10. The lowest BCUT2D eigenvalue weighted by Crippen LogP contribution is -2.40. The quantitative estimate of drug-likeness (QED) is 0.806. The van der Waals surface area contributed by atoms with Crippen molar-refractivity contribution in [1.82, 2.24) is 5.32 Å². The summed E-state index contributed by atoms with van der Waals surface area (Å²) in [6.45, 7) is 7.74. The van der Waals surface area contributed by atoms with Gasteiger partial charge in [-0.25, -0.2) is 0 Å². The third-order valence-electron chi connectivity index (χ3n) is 4.03. The minimum Gasteiger partial charge on any atom is -0.496 e. The van der Waals surface area contributed by atoms with Crippen molar-refractivity contribution in [1.29, 1.82) is 0 Å². The lowest BCUT2D eigenvalue weighted by Gasteiger charge is -2.21. The fourth-order valence-electron chi connectivity index (χ4n) is 2.76. The van der Waals surface area contributed by atoms with Gasteiger partial charge in [-0.15, -0.1) is 0 Å². The van der Waals surface area contributed by atoms with Crippen LogP contribution in [0.2, 0.25) is 0 Å². The molecular weight excluding hydrogens is 340 g/mol. The van der Waals surface area contributed by atoms with E-state index in [9.17, 15) is 9.59 Å². The molecule has 0 heterocycles. The Morgan fingerprint density at radius 3 is 2.41 bits per heavy atom. The summed E-state index contributed by atoms with van der Waals surface area (Å²) in [7, 11) is 1.64. The molecule has 2 amide bonds. The summed E-state index contributed by atoms with van der Waals surface area (Å²) in [5.41, 5.74) is 2.75. The Labute approximate surface area is 161 Å². The number of para-hydroxylation sites is 1. The molecule has 0 spiro atoms. The van der Waals surface area contributed by atoms with E-state index in [-0.39, 0.29) is 17.4 Å². The van der Waals surface area contributed by atoms with Gasteiger partial charge in [0.1, 0.15) is 5.75 Å². The molecule has 2 aromatic rings. The molecule has 0 saturated carbocycles. The molecule has 0 bridgehead atoms. The van der Waals surface area contributed by atoms with Crippen LogP contribution in [0, 0.1) is 6.92 Å². The second-order valence-corrected chi connectivity index (χ2v) is 7.60. The maximum atomic E-state index is 12.5. The predicted molar refractivity (Wildman–Crippen MR) is 108 cm³/mol. The van der Waals surface area contributed by atoms with Crippen molar-refractivity contribution in [2.24, 2.45) is 0 Å². The number of amides is 2. The molecule has 2 rings (SSSR count). The van der Waals surface area contributed by atoms with E-state index in [1.807, 2.05) is 45.9 Å². The smallest absolute Gasteiger partial charge is 0.253 e. The zero-order valence-electron chi connectivity index (χ0n) is 16.7. The standard InChI is InChI=1S/C22H28N2O3/c1-15-14-16(10-12-19(15)27-5)11-13-20(25)23-18-9-7-6-8-17(18)21(26)24-22(2,3)4/h6-10,12,14H,11,13H2,1-5H3,(H,23,25)(H,24,26). The minimum atomic E-state index is -0.347. The highest BCUT2D eigenvalue weighted by atomic mass is 16.5. The summed E-state index contributed by atoms with van der Waals surface area (Å²) < 4.78 is 5.26. The highest BCUT2D eigenvalue weighted by Gasteiger charge is 2.18. The lowest BCUT2D eigenvalue weighted by molar-refractivity contribution is -0.116. The van der Waals surface area contributed by atoms with Crippen LogP contribution in [-0.2, 0) is 11.2 Å². The molecule has 144 valence electrons. The van der Waals surface area contributed by atoms with E-state index in [0.717, 1.165) is 16.9 Å². The Bertz CT molecular complexity index is 823. The second kappa shape index (κ2) is 8.71. The molecule has 0 aliphatic heterocycles. The Kier molecular flexibility index (Phi) is 6.61. The van der Waals surface area contributed by atoms with Crippen LogP contribution in [0.5, 0.6) is 5.75 Å². The van der Waals surface area contributed by atoms with Gasteiger partial charge in [0.05, 0.1) is 18.4 Å². The summed E-state index contributed by atoms with van der Waals surface area (Å²) in [6.07, 6.45) is 0.952. The van der Waals surface area contributed by atoms with Gasteiger partial charge in [-0.3, -0.25) is 9.59 Å². The molecule has 0 saturated heterocycles. The number of methoxy groups -OCH3 is 1. The number of anilines is 1. The van der Waals surface area contributed by atoms with Gasteiger partial charge in [0, 0.05) is 12.0 Å². The third-order valence-corrected chi connectivity index (χ3v) is 4.03. The van der Waals surface area contributed by atoms with E-state index < -0.39 is 0 Å². The van der Waals surface area contributed by atoms with E-state index in [0.29, 0.717) is 24.1 Å². The van der Waals surface area contributed by atoms with Gasteiger partial charge in [0.25, 0.3) is 5.91 Å². The van der Waals surface area contributed by atoms with Gasteiger partial charge >= 0.3 is 0 Å². The molecule has 2 N–H and O–H groups in total. The van der Waals surface area contributed by atoms with Crippen molar-refractivity contribution in [3.63, 3.8) is 0 Å². The zero-order valence-corrected chi connectivity index (χ0v) is 16.7. The van der Waals surface area contributed by atoms with Crippen LogP contribution in [0.1, 0.15) is 48.7 Å². The molecule has 0 radical (unpaired) electrons. The normalized spacial score (nSPS) is 11.0. The summed E-state index contributed by atoms with van der Waals surface area (Å²) in [4.78, 5) is 24.9. The average Bonchev–Trinajstić information content (AvgIpc) is 2.59. The molecule has 0 aromatic heterocycles. The Morgan fingerprint density at radius 1 is 1.07 bits per heavy atom. The number of rotatable bonds is 6. The molecular formula is C22H28N2O3. The van der Waals surface area contributed by atoms with E-state index in [2.05, 4.69) is 10.6 Å². The van der Waals surface area contributed by atoms with Crippen molar-refractivity contribution >= 4 is 17.5 Å². The number of carbonyl (C=O) groups excluding carboxylic acids is 2. The molecule has 0 aliphatic carbocycles. The van der Waals surface area contributed by atoms with Gasteiger partial charge < -0.3 is 15.4 Å². The van der Waals surface area contributed by atoms with E-state index in [1.165, 1.54) is 0 Å². The number of carbonyl (C=O) groups is 2. The third kappa shape index (κ3) is 6.13. The number of nitrogens with one attached hydrogen (secondary N) is 2. The molecule has 5 nitrogen and oxygen atoms in total. The first-order chi connectivity index (χ1) is 12.7. The maximum absolute atomic E-state index is 12.5. The fourth-order valence-corrected chi connectivity index (χ4v) is 2.76. The first kappa shape index (κ1) is 20.5. The highest BCUT2D eigenvalue weighted by molar-refractivity contribution is 6.04. The van der Waals surface area contributed by atoms with Crippen LogP contribution in [-0.4, -0.2) is 24.5 Å². The van der Waals surface area contributed by atoms with Crippen LogP contribution in [0.4, 0.5) is 5.69 Å². The molecule has 2 aromatic carbocycles.